The number of rotatable bonds is 6. The molecule has 0 saturated heterocycles. The summed E-state index contributed by atoms with van der Waals surface area (Å²) in [6.45, 7) is 3.47. The highest BCUT2D eigenvalue weighted by Crippen LogP contribution is 2.20. The van der Waals surface area contributed by atoms with Gasteiger partial charge in [-0.2, -0.15) is 4.68 Å². The Morgan fingerprint density at radius 2 is 1.85 bits per heavy atom. The molecule has 132 valence electrons. The van der Waals surface area contributed by atoms with Gasteiger partial charge in [0.1, 0.15) is 0 Å². The third-order valence-corrected chi connectivity index (χ3v) is 4.55. The summed E-state index contributed by atoms with van der Waals surface area (Å²) in [7, 11) is 0. The summed E-state index contributed by atoms with van der Waals surface area (Å²) in [5, 5.41) is 14.9. The van der Waals surface area contributed by atoms with Crippen LogP contribution in [-0.2, 0) is 4.79 Å². The molecule has 1 N–H and O–H groups in total. The van der Waals surface area contributed by atoms with E-state index in [4.69, 9.17) is 0 Å². The molecule has 0 aliphatic heterocycles. The smallest absolute Gasteiger partial charge is 0.234 e. The summed E-state index contributed by atoms with van der Waals surface area (Å²) in [5.74, 6) is -0.211. The van der Waals surface area contributed by atoms with Crippen LogP contribution in [0.1, 0.15) is 22.8 Å². The Labute approximate surface area is 154 Å². The first-order valence-electron chi connectivity index (χ1n) is 7.92. The number of Topliss-reactive ketones (excluding diaryl/α,β-unsaturated/α-hetero) is 1. The summed E-state index contributed by atoms with van der Waals surface area (Å²) in [5.41, 5.74) is 2.95. The van der Waals surface area contributed by atoms with E-state index in [2.05, 4.69) is 20.8 Å². The number of nitrogens with zero attached hydrogens (tertiary/aromatic N) is 4. The van der Waals surface area contributed by atoms with Gasteiger partial charge in [-0.1, -0.05) is 41.6 Å². The van der Waals surface area contributed by atoms with Gasteiger partial charge in [-0.25, -0.2) is 0 Å². The fourth-order valence-corrected chi connectivity index (χ4v) is 3.02. The minimum atomic E-state index is -0.234. The van der Waals surface area contributed by atoms with Crippen molar-refractivity contribution in [2.45, 2.75) is 19.0 Å². The number of tetrazole rings is 1. The van der Waals surface area contributed by atoms with Crippen molar-refractivity contribution >= 4 is 29.1 Å². The Kier molecular flexibility index (Phi) is 5.43. The zero-order valence-corrected chi connectivity index (χ0v) is 15.2. The number of thioether (sulfide) groups is 1. The number of hydrogen-bond donors (Lipinski definition) is 1. The number of benzene rings is 2. The largest absolute Gasteiger partial charge is 0.325 e. The van der Waals surface area contributed by atoms with Crippen molar-refractivity contribution in [1.82, 2.24) is 20.2 Å². The minimum Gasteiger partial charge on any atom is -0.325 e. The molecule has 26 heavy (non-hydrogen) atoms. The molecule has 2 aromatic carbocycles. The van der Waals surface area contributed by atoms with Crippen LogP contribution in [0.3, 0.4) is 0 Å². The van der Waals surface area contributed by atoms with Crippen LogP contribution in [0.15, 0.2) is 53.7 Å². The van der Waals surface area contributed by atoms with Gasteiger partial charge in [0.2, 0.25) is 11.1 Å². The van der Waals surface area contributed by atoms with Crippen molar-refractivity contribution in [1.29, 1.82) is 0 Å². The van der Waals surface area contributed by atoms with Gasteiger partial charge in [-0.05, 0) is 48.5 Å². The van der Waals surface area contributed by atoms with Gasteiger partial charge in [0.15, 0.2) is 5.78 Å². The average molecular weight is 367 g/mol. The molecule has 0 aliphatic carbocycles. The van der Waals surface area contributed by atoms with E-state index < -0.39 is 0 Å². The molecule has 1 aromatic heterocycles. The highest BCUT2D eigenvalue weighted by molar-refractivity contribution is 7.99. The lowest BCUT2D eigenvalue weighted by Gasteiger charge is -2.09. The van der Waals surface area contributed by atoms with Crippen LogP contribution in [0.5, 0.6) is 0 Å². The number of ketones is 1. The Morgan fingerprint density at radius 3 is 2.58 bits per heavy atom. The molecule has 3 aromatic rings. The van der Waals surface area contributed by atoms with Crippen LogP contribution in [-0.4, -0.2) is 37.7 Å². The lowest BCUT2D eigenvalue weighted by atomic mass is 10.1. The van der Waals surface area contributed by atoms with Crippen molar-refractivity contribution in [2.24, 2.45) is 0 Å². The van der Waals surface area contributed by atoms with Gasteiger partial charge in [0.05, 0.1) is 17.1 Å². The summed E-state index contributed by atoms with van der Waals surface area (Å²) in [4.78, 5) is 23.9. The number of hydrogen-bond acceptors (Lipinski definition) is 6. The molecule has 1 heterocycles. The Morgan fingerprint density at radius 1 is 1.12 bits per heavy atom. The normalized spacial score (nSPS) is 10.5. The molecule has 7 nitrogen and oxygen atoms in total. The predicted molar refractivity (Wildman–Crippen MR) is 99.7 cm³/mol. The fraction of sp³-hybridized carbons (Fsp3) is 0.167. The first-order valence-corrected chi connectivity index (χ1v) is 8.91. The minimum absolute atomic E-state index is 0.100. The van der Waals surface area contributed by atoms with E-state index in [0.717, 1.165) is 11.3 Å². The molecular weight excluding hydrogens is 350 g/mol. The molecule has 0 atom stereocenters. The number of aryl methyl sites for hydroxylation is 1. The zero-order chi connectivity index (χ0) is 18.5. The maximum Gasteiger partial charge on any atom is 0.234 e. The van der Waals surface area contributed by atoms with Crippen LogP contribution >= 0.6 is 11.8 Å². The van der Waals surface area contributed by atoms with Crippen LogP contribution < -0.4 is 5.32 Å². The molecule has 0 radical (unpaired) electrons. The topological polar surface area (TPSA) is 89.8 Å². The van der Waals surface area contributed by atoms with E-state index in [-0.39, 0.29) is 17.4 Å². The summed E-state index contributed by atoms with van der Waals surface area (Å²) in [6, 6.07) is 14.7. The van der Waals surface area contributed by atoms with Crippen molar-refractivity contribution in [3.8, 4) is 5.69 Å². The number of carbonyl (C=O) groups is 2. The molecule has 0 spiro atoms. The fourth-order valence-electron chi connectivity index (χ4n) is 2.33. The average Bonchev–Trinajstić information content (AvgIpc) is 3.09. The van der Waals surface area contributed by atoms with Crippen molar-refractivity contribution < 1.29 is 9.59 Å². The monoisotopic (exact) mass is 367 g/mol. The van der Waals surface area contributed by atoms with Crippen LogP contribution in [0.2, 0.25) is 0 Å². The van der Waals surface area contributed by atoms with Crippen LogP contribution in [0.4, 0.5) is 5.69 Å². The van der Waals surface area contributed by atoms with Gasteiger partial charge in [-0.3, -0.25) is 9.59 Å². The Hall–Kier alpha value is -3.00. The molecule has 0 unspecified atom stereocenters. The van der Waals surface area contributed by atoms with Gasteiger partial charge in [0.25, 0.3) is 0 Å². The van der Waals surface area contributed by atoms with E-state index in [1.807, 2.05) is 31.2 Å². The number of para-hydroxylation sites is 1. The summed E-state index contributed by atoms with van der Waals surface area (Å²) in [6.07, 6.45) is 0. The summed E-state index contributed by atoms with van der Waals surface area (Å²) >= 11 is 1.22. The highest BCUT2D eigenvalue weighted by atomic mass is 32.2. The van der Waals surface area contributed by atoms with Gasteiger partial charge in [0, 0.05) is 5.56 Å². The number of nitrogens with one attached hydrogen (secondary N) is 1. The van der Waals surface area contributed by atoms with Gasteiger partial charge in [-0.15, -0.1) is 5.10 Å². The summed E-state index contributed by atoms with van der Waals surface area (Å²) < 4.78 is 1.58. The molecule has 0 aliphatic rings. The van der Waals surface area contributed by atoms with Crippen molar-refractivity contribution in [3.63, 3.8) is 0 Å². The first-order chi connectivity index (χ1) is 12.5. The molecule has 3 rings (SSSR count). The first kappa shape index (κ1) is 17.8. The second kappa shape index (κ2) is 7.92. The number of anilines is 1. The molecule has 1 amide bonds. The maximum atomic E-state index is 12.3. The lowest BCUT2D eigenvalue weighted by Crippen LogP contribution is -2.16. The Bertz CT molecular complexity index is 937. The second-order valence-corrected chi connectivity index (χ2v) is 6.59. The van der Waals surface area contributed by atoms with Crippen molar-refractivity contribution in [3.05, 3.63) is 59.7 Å². The van der Waals surface area contributed by atoms with Crippen molar-refractivity contribution in [2.75, 3.05) is 11.1 Å². The second-order valence-electron chi connectivity index (χ2n) is 5.65. The standard InChI is InChI=1S/C18H17N5O2S/c1-12-7-9-14(10-8-12)23-18(20-21-22-23)26-11-17(25)19-16-6-4-3-5-15(16)13(2)24/h3-10H,11H2,1-2H3,(H,19,25). The van der Waals surface area contributed by atoms with Gasteiger partial charge < -0.3 is 5.32 Å². The molecule has 0 fully saturated rings. The number of aromatic nitrogens is 4. The van der Waals surface area contributed by atoms with Crippen LogP contribution in [0, 0.1) is 6.92 Å². The van der Waals surface area contributed by atoms with Gasteiger partial charge >= 0.3 is 0 Å². The van der Waals surface area contributed by atoms with E-state index in [9.17, 15) is 9.59 Å². The Balaban J connectivity index is 1.67. The number of carbonyl (C=O) groups excluding carboxylic acids is 2. The zero-order valence-electron chi connectivity index (χ0n) is 14.3. The maximum absolute atomic E-state index is 12.3. The SMILES string of the molecule is CC(=O)c1ccccc1NC(=O)CSc1nnnn1-c1ccc(C)cc1. The molecule has 0 saturated carbocycles. The van der Waals surface area contributed by atoms with Crippen LogP contribution in [0.25, 0.3) is 5.69 Å². The number of amides is 1. The van der Waals surface area contributed by atoms with E-state index >= 15 is 0 Å². The van der Waals surface area contributed by atoms with E-state index in [0.29, 0.717) is 16.4 Å². The third-order valence-electron chi connectivity index (χ3n) is 3.63. The highest BCUT2D eigenvalue weighted by Gasteiger charge is 2.13. The lowest BCUT2D eigenvalue weighted by molar-refractivity contribution is -0.113. The van der Waals surface area contributed by atoms with E-state index in [1.165, 1.54) is 18.7 Å². The molecular formula is C18H17N5O2S. The molecule has 0 bridgehead atoms. The quantitative estimate of drug-likeness (QED) is 0.532. The molecule has 8 heteroatoms. The third kappa shape index (κ3) is 4.15. The predicted octanol–water partition coefficient (Wildman–Crippen LogP) is 2.90. The van der Waals surface area contributed by atoms with E-state index in [1.54, 1.807) is 28.9 Å².